The molecule has 1 aliphatic carbocycles. The number of anilines is 1. The summed E-state index contributed by atoms with van der Waals surface area (Å²) in [5.74, 6) is 7.02. The second-order valence-corrected chi connectivity index (χ2v) is 7.72. The van der Waals surface area contributed by atoms with E-state index in [-0.39, 0.29) is 0 Å². The molecule has 2 rings (SSSR count). The third-order valence-corrected chi connectivity index (χ3v) is 5.49. The number of hydrogen-bond donors (Lipinski definition) is 2. The van der Waals surface area contributed by atoms with Gasteiger partial charge < -0.3 is 4.90 Å². The van der Waals surface area contributed by atoms with Crippen molar-refractivity contribution in [2.75, 3.05) is 24.6 Å². The zero-order valence-electron chi connectivity index (χ0n) is 17.2. The Balaban J connectivity index is 1.78. The highest BCUT2D eigenvalue weighted by Gasteiger charge is 2.13. The minimum atomic E-state index is 0.657. The standard InChI is InChI=1S/C23H36N4/c1-4-14-26(16-13-22-8-7-19(2)20(3)17-22)15-5-6-21-9-11-23(12-10-21)27(25)18-24/h7-12,17-20,24H,4-6,13-16,25H2,1-3H3. The van der Waals surface area contributed by atoms with Gasteiger partial charge in [0.15, 0.2) is 0 Å². The van der Waals surface area contributed by atoms with Gasteiger partial charge in [-0.15, -0.1) is 0 Å². The van der Waals surface area contributed by atoms with E-state index in [1.54, 1.807) is 0 Å². The Labute approximate surface area is 165 Å². The molecule has 0 fully saturated rings. The molecule has 1 aromatic carbocycles. The largest absolute Gasteiger partial charge is 0.303 e. The molecule has 27 heavy (non-hydrogen) atoms. The van der Waals surface area contributed by atoms with Crippen LogP contribution in [0.1, 0.15) is 45.6 Å². The Bertz CT molecular complexity index is 632. The molecule has 0 aromatic heterocycles. The first-order valence-electron chi connectivity index (χ1n) is 10.3. The van der Waals surface area contributed by atoms with E-state index in [0.29, 0.717) is 11.8 Å². The molecule has 3 N–H and O–H groups in total. The number of nitrogens with zero attached hydrogens (tertiary/aromatic N) is 2. The van der Waals surface area contributed by atoms with Gasteiger partial charge in [0.1, 0.15) is 6.34 Å². The minimum Gasteiger partial charge on any atom is -0.303 e. The lowest BCUT2D eigenvalue weighted by Gasteiger charge is -2.24. The number of nitrogens with two attached hydrogens (primary N) is 1. The molecule has 148 valence electrons. The molecule has 0 saturated heterocycles. The van der Waals surface area contributed by atoms with Crippen LogP contribution in [0.4, 0.5) is 5.69 Å². The average Bonchev–Trinajstić information content (AvgIpc) is 2.68. The Kier molecular flexibility index (Phi) is 8.76. The van der Waals surface area contributed by atoms with Gasteiger partial charge in [-0.25, -0.2) is 5.84 Å². The van der Waals surface area contributed by atoms with Crippen molar-refractivity contribution in [2.45, 2.75) is 46.5 Å². The number of nitrogens with one attached hydrogen (secondary N) is 1. The van der Waals surface area contributed by atoms with E-state index in [1.165, 1.54) is 35.5 Å². The van der Waals surface area contributed by atoms with Crippen LogP contribution in [0, 0.1) is 17.2 Å². The molecule has 4 heteroatoms. The second kappa shape index (κ2) is 11.1. The molecule has 0 spiro atoms. The Morgan fingerprint density at radius 3 is 2.41 bits per heavy atom. The zero-order chi connectivity index (χ0) is 19.6. The van der Waals surface area contributed by atoms with Crippen LogP contribution in [0.15, 0.2) is 48.1 Å². The summed E-state index contributed by atoms with van der Waals surface area (Å²) in [5, 5.41) is 8.52. The summed E-state index contributed by atoms with van der Waals surface area (Å²) < 4.78 is 0. The number of aryl methyl sites for hydroxylation is 1. The highest BCUT2D eigenvalue weighted by molar-refractivity contribution is 5.75. The molecule has 0 amide bonds. The van der Waals surface area contributed by atoms with Gasteiger partial charge in [0.2, 0.25) is 0 Å². The minimum absolute atomic E-state index is 0.657. The third kappa shape index (κ3) is 6.96. The second-order valence-electron chi connectivity index (χ2n) is 7.72. The summed E-state index contributed by atoms with van der Waals surface area (Å²) in [4.78, 5) is 2.60. The normalized spacial score (nSPS) is 19.2. The third-order valence-electron chi connectivity index (χ3n) is 5.49. The van der Waals surface area contributed by atoms with Crippen LogP contribution in [0.25, 0.3) is 0 Å². The number of rotatable bonds is 11. The van der Waals surface area contributed by atoms with Gasteiger partial charge in [0.05, 0.1) is 5.69 Å². The van der Waals surface area contributed by atoms with E-state index in [9.17, 15) is 0 Å². The summed E-state index contributed by atoms with van der Waals surface area (Å²) in [6.45, 7) is 10.3. The van der Waals surface area contributed by atoms with Crippen LogP contribution in [0.3, 0.4) is 0 Å². The molecule has 2 atom stereocenters. The molecule has 0 bridgehead atoms. The van der Waals surface area contributed by atoms with Crippen LogP contribution >= 0.6 is 0 Å². The number of hydrogen-bond acceptors (Lipinski definition) is 3. The highest BCUT2D eigenvalue weighted by atomic mass is 15.4. The van der Waals surface area contributed by atoms with E-state index in [1.807, 2.05) is 12.1 Å². The smallest absolute Gasteiger partial charge is 0.101 e. The fraction of sp³-hybridized carbons (Fsp3) is 0.522. The van der Waals surface area contributed by atoms with Gasteiger partial charge in [-0.2, -0.15) is 0 Å². The van der Waals surface area contributed by atoms with Crippen molar-refractivity contribution in [2.24, 2.45) is 17.7 Å². The molecule has 0 heterocycles. The summed E-state index contributed by atoms with van der Waals surface area (Å²) in [6.07, 6.45) is 12.8. The van der Waals surface area contributed by atoms with Crippen molar-refractivity contribution in [1.29, 1.82) is 5.41 Å². The fourth-order valence-electron chi connectivity index (χ4n) is 3.52. The quantitative estimate of drug-likeness (QED) is 0.256. The van der Waals surface area contributed by atoms with Crippen molar-refractivity contribution in [3.05, 3.63) is 53.6 Å². The highest BCUT2D eigenvalue weighted by Crippen LogP contribution is 2.23. The van der Waals surface area contributed by atoms with Crippen LogP contribution in [-0.4, -0.2) is 30.9 Å². The van der Waals surface area contributed by atoms with Gasteiger partial charge in [-0.1, -0.05) is 56.7 Å². The fourth-order valence-corrected chi connectivity index (χ4v) is 3.52. The number of hydrazine groups is 1. The maximum Gasteiger partial charge on any atom is 0.101 e. The molecule has 1 aliphatic rings. The summed E-state index contributed by atoms with van der Waals surface area (Å²) in [5.41, 5.74) is 3.67. The predicted octanol–water partition coefficient (Wildman–Crippen LogP) is 4.78. The first-order valence-corrected chi connectivity index (χ1v) is 10.3. The van der Waals surface area contributed by atoms with Crippen LogP contribution in [0.2, 0.25) is 0 Å². The van der Waals surface area contributed by atoms with Crippen LogP contribution in [-0.2, 0) is 6.42 Å². The molecule has 4 nitrogen and oxygen atoms in total. The Morgan fingerprint density at radius 2 is 1.78 bits per heavy atom. The van der Waals surface area contributed by atoms with Crippen molar-refractivity contribution in [1.82, 2.24) is 4.90 Å². The zero-order valence-corrected chi connectivity index (χ0v) is 17.2. The molecule has 0 aliphatic heterocycles. The van der Waals surface area contributed by atoms with E-state index in [4.69, 9.17) is 11.3 Å². The van der Waals surface area contributed by atoms with Gasteiger partial charge in [-0.3, -0.25) is 10.4 Å². The van der Waals surface area contributed by atoms with Gasteiger partial charge in [0, 0.05) is 6.54 Å². The summed E-state index contributed by atoms with van der Waals surface area (Å²) >= 11 is 0. The Hall–Kier alpha value is -1.91. The van der Waals surface area contributed by atoms with Crippen molar-refractivity contribution >= 4 is 12.0 Å². The molecule has 2 unspecified atom stereocenters. The molecule has 0 radical (unpaired) electrons. The molecule has 1 aromatic rings. The monoisotopic (exact) mass is 368 g/mol. The average molecular weight is 369 g/mol. The predicted molar refractivity (Wildman–Crippen MR) is 117 cm³/mol. The summed E-state index contributed by atoms with van der Waals surface area (Å²) in [6, 6.07) is 8.19. The van der Waals surface area contributed by atoms with E-state index in [0.717, 1.165) is 38.0 Å². The van der Waals surface area contributed by atoms with Crippen molar-refractivity contribution < 1.29 is 0 Å². The van der Waals surface area contributed by atoms with Gasteiger partial charge >= 0.3 is 0 Å². The van der Waals surface area contributed by atoms with Crippen molar-refractivity contribution in [3.8, 4) is 0 Å². The first kappa shape index (κ1) is 21.4. The molecular weight excluding hydrogens is 332 g/mol. The maximum atomic E-state index is 7.19. The van der Waals surface area contributed by atoms with E-state index in [2.05, 4.69) is 56.0 Å². The van der Waals surface area contributed by atoms with Crippen molar-refractivity contribution in [3.63, 3.8) is 0 Å². The first-order chi connectivity index (χ1) is 13.0. The molecular formula is C23H36N4. The van der Waals surface area contributed by atoms with Gasteiger partial charge in [0.25, 0.3) is 0 Å². The number of allylic oxidation sites excluding steroid dienone is 3. The van der Waals surface area contributed by atoms with Crippen LogP contribution in [0.5, 0.6) is 0 Å². The van der Waals surface area contributed by atoms with E-state index < -0.39 is 0 Å². The maximum absolute atomic E-state index is 7.19. The Morgan fingerprint density at radius 1 is 1.04 bits per heavy atom. The van der Waals surface area contributed by atoms with Gasteiger partial charge in [-0.05, 0) is 68.3 Å². The number of benzene rings is 1. The SMILES string of the molecule is CCCN(CCCc1ccc(N(N)C=N)cc1)CCC1=CC(C)C(C)C=C1. The van der Waals surface area contributed by atoms with Crippen LogP contribution < -0.4 is 10.9 Å². The van der Waals surface area contributed by atoms with E-state index >= 15 is 0 Å². The molecule has 0 saturated carbocycles. The lowest BCUT2D eigenvalue weighted by atomic mass is 9.88. The lowest BCUT2D eigenvalue weighted by molar-refractivity contribution is 0.274. The summed E-state index contributed by atoms with van der Waals surface area (Å²) in [7, 11) is 0. The topological polar surface area (TPSA) is 56.4 Å². The lowest BCUT2D eigenvalue weighted by Crippen LogP contribution is -2.28.